The molecule has 2 atom stereocenters. The monoisotopic (exact) mass is 497 g/mol. The highest BCUT2D eigenvalue weighted by Crippen LogP contribution is 2.34. The van der Waals surface area contributed by atoms with Crippen LogP contribution in [0.5, 0.6) is 0 Å². The van der Waals surface area contributed by atoms with Gasteiger partial charge in [0, 0.05) is 24.7 Å². The molecule has 36 heavy (non-hydrogen) atoms. The highest BCUT2D eigenvalue weighted by atomic mass is 19.4. The molecule has 8 nitrogen and oxygen atoms in total. The number of H-pyrrole nitrogens is 1. The van der Waals surface area contributed by atoms with Crippen molar-refractivity contribution in [2.75, 3.05) is 25.5 Å². The number of fused-ring (bicyclic) bond motifs is 1. The van der Waals surface area contributed by atoms with Gasteiger partial charge in [-0.2, -0.15) is 18.4 Å². The first-order valence-corrected chi connectivity index (χ1v) is 11.1. The van der Waals surface area contributed by atoms with Crippen LogP contribution >= 0.6 is 0 Å². The van der Waals surface area contributed by atoms with Crippen molar-refractivity contribution in [2.45, 2.75) is 18.6 Å². The number of anilines is 1. The van der Waals surface area contributed by atoms with Gasteiger partial charge in [-0.3, -0.25) is 14.4 Å². The Bertz CT molecular complexity index is 1350. The first-order chi connectivity index (χ1) is 17.1. The van der Waals surface area contributed by atoms with Gasteiger partial charge >= 0.3 is 6.18 Å². The molecule has 2 N–H and O–H groups in total. The van der Waals surface area contributed by atoms with Crippen molar-refractivity contribution < 1.29 is 27.6 Å². The van der Waals surface area contributed by atoms with Gasteiger partial charge in [-0.25, -0.2) is 0 Å². The summed E-state index contributed by atoms with van der Waals surface area (Å²) in [6.45, 7) is -0.398. The van der Waals surface area contributed by atoms with E-state index in [1.165, 1.54) is 30.1 Å². The Labute approximate surface area is 204 Å². The molecule has 0 saturated carbocycles. The predicted molar refractivity (Wildman–Crippen MR) is 125 cm³/mol. The molecule has 1 aliphatic heterocycles. The molecule has 11 heteroatoms. The van der Waals surface area contributed by atoms with Gasteiger partial charge in [0.15, 0.2) is 0 Å². The Hall–Kier alpha value is -4.33. The van der Waals surface area contributed by atoms with Crippen LogP contribution in [-0.4, -0.2) is 58.7 Å². The summed E-state index contributed by atoms with van der Waals surface area (Å²) in [6.07, 6.45) is -4.45. The summed E-state index contributed by atoms with van der Waals surface area (Å²) < 4.78 is 39.9. The van der Waals surface area contributed by atoms with Crippen molar-refractivity contribution in [1.29, 1.82) is 5.26 Å². The van der Waals surface area contributed by atoms with Gasteiger partial charge in [-0.05, 0) is 30.7 Å². The maximum absolute atomic E-state index is 13.3. The summed E-state index contributed by atoms with van der Waals surface area (Å²) in [5.74, 6) is -2.15. The molecule has 3 aromatic rings. The smallest absolute Gasteiger partial charge is 0.350 e. The lowest BCUT2D eigenvalue weighted by Gasteiger charge is -2.23. The van der Waals surface area contributed by atoms with Crippen molar-refractivity contribution >= 4 is 34.3 Å². The van der Waals surface area contributed by atoms with Crippen molar-refractivity contribution in [2.24, 2.45) is 5.92 Å². The summed E-state index contributed by atoms with van der Waals surface area (Å²) in [6, 6.07) is 14.9. The third kappa shape index (κ3) is 5.02. The lowest BCUT2D eigenvalue weighted by molar-refractivity contribution is -0.136. The van der Waals surface area contributed by atoms with Gasteiger partial charge in [-0.15, -0.1) is 0 Å². The van der Waals surface area contributed by atoms with E-state index in [9.17, 15) is 32.8 Å². The van der Waals surface area contributed by atoms with Gasteiger partial charge in [0.05, 0.1) is 29.6 Å². The highest BCUT2D eigenvalue weighted by Gasteiger charge is 2.39. The second-order valence-electron chi connectivity index (χ2n) is 8.59. The Morgan fingerprint density at radius 1 is 1.17 bits per heavy atom. The largest absolute Gasteiger partial charge is 0.418 e. The van der Waals surface area contributed by atoms with E-state index in [0.29, 0.717) is 5.69 Å². The van der Waals surface area contributed by atoms with Gasteiger partial charge in [-0.1, -0.05) is 30.3 Å². The maximum atomic E-state index is 13.3. The lowest BCUT2D eigenvalue weighted by atomic mass is 10.1. The zero-order valence-corrected chi connectivity index (χ0v) is 19.2. The maximum Gasteiger partial charge on any atom is 0.418 e. The molecule has 0 bridgehead atoms. The first-order valence-electron chi connectivity index (χ1n) is 11.1. The van der Waals surface area contributed by atoms with Crippen LogP contribution in [0.25, 0.3) is 10.9 Å². The van der Waals surface area contributed by atoms with E-state index in [1.54, 1.807) is 30.3 Å². The number of hydrogen-bond donors (Lipinski definition) is 2. The standard InChI is InChI=1S/C25H22F3N5O3/c1-32(24(36)20-11-15-6-5-9-19(22(15)31-20)25(26,27)28)14-21(34)33-13-16(10-18(33)12-29)23(35)30-17-7-3-2-4-8-17/h2-9,11,16,18,31H,10,13-14H2,1H3,(H,30,35). The van der Waals surface area contributed by atoms with E-state index >= 15 is 0 Å². The van der Waals surface area contributed by atoms with Crippen LogP contribution < -0.4 is 5.32 Å². The van der Waals surface area contributed by atoms with Crippen LogP contribution in [0.2, 0.25) is 0 Å². The third-order valence-corrected chi connectivity index (χ3v) is 6.09. The minimum Gasteiger partial charge on any atom is -0.350 e. The molecule has 0 spiro atoms. The molecule has 2 heterocycles. The molecule has 1 fully saturated rings. The summed E-state index contributed by atoms with van der Waals surface area (Å²) in [5, 5.41) is 12.5. The molecule has 2 unspecified atom stereocenters. The second-order valence-corrected chi connectivity index (χ2v) is 8.59. The number of benzene rings is 2. The Balaban J connectivity index is 1.43. The zero-order valence-electron chi connectivity index (χ0n) is 19.2. The van der Waals surface area contributed by atoms with E-state index in [-0.39, 0.29) is 35.5 Å². The Morgan fingerprint density at radius 2 is 1.89 bits per heavy atom. The zero-order chi connectivity index (χ0) is 26.0. The number of carbonyl (C=O) groups excluding carboxylic acids is 3. The van der Waals surface area contributed by atoms with Gasteiger partial charge in [0.2, 0.25) is 11.8 Å². The Kier molecular flexibility index (Phi) is 6.70. The molecule has 4 rings (SSSR count). The highest BCUT2D eigenvalue weighted by molar-refractivity contribution is 6.00. The molecule has 0 aliphatic carbocycles. The van der Waals surface area contributed by atoms with Crippen LogP contribution in [0.1, 0.15) is 22.5 Å². The number of likely N-dealkylation sites (tertiary alicyclic amines) is 1. The Morgan fingerprint density at radius 3 is 2.56 bits per heavy atom. The average molecular weight is 497 g/mol. The van der Waals surface area contributed by atoms with Crippen LogP contribution in [0.3, 0.4) is 0 Å². The fourth-order valence-corrected chi connectivity index (χ4v) is 4.27. The molecule has 1 aliphatic rings. The fourth-order valence-electron chi connectivity index (χ4n) is 4.27. The van der Waals surface area contributed by atoms with Crippen LogP contribution in [0.15, 0.2) is 54.6 Å². The van der Waals surface area contributed by atoms with E-state index in [4.69, 9.17) is 0 Å². The number of likely N-dealkylation sites (N-methyl/N-ethyl adjacent to an activating group) is 1. The third-order valence-electron chi connectivity index (χ3n) is 6.09. The molecular formula is C25H22F3N5O3. The van der Waals surface area contributed by atoms with Crippen molar-refractivity contribution in [3.05, 3.63) is 65.9 Å². The summed E-state index contributed by atoms with van der Waals surface area (Å²) in [5.41, 5.74) is -0.621. The predicted octanol–water partition coefficient (Wildman–Crippen LogP) is 3.64. The lowest BCUT2D eigenvalue weighted by Crippen LogP contribution is -2.43. The number of nitriles is 1. The van der Waals surface area contributed by atoms with Crippen LogP contribution in [0.4, 0.5) is 18.9 Å². The van der Waals surface area contributed by atoms with Crippen LogP contribution in [-0.2, 0) is 15.8 Å². The van der Waals surface area contributed by atoms with Crippen molar-refractivity contribution in [3.63, 3.8) is 0 Å². The number of nitrogens with zero attached hydrogens (tertiary/aromatic N) is 3. The number of carbonyl (C=O) groups is 3. The number of aromatic nitrogens is 1. The number of rotatable bonds is 5. The number of halogens is 3. The van der Waals surface area contributed by atoms with E-state index in [2.05, 4.69) is 10.3 Å². The molecule has 186 valence electrons. The van der Waals surface area contributed by atoms with Crippen molar-refractivity contribution in [1.82, 2.24) is 14.8 Å². The quantitative estimate of drug-likeness (QED) is 0.561. The minimum absolute atomic E-state index is 0.0130. The fraction of sp³-hybridized carbons (Fsp3) is 0.280. The number of nitrogens with one attached hydrogen (secondary N) is 2. The number of hydrogen-bond acceptors (Lipinski definition) is 4. The summed E-state index contributed by atoms with van der Waals surface area (Å²) in [7, 11) is 1.34. The van der Waals surface area contributed by atoms with Crippen molar-refractivity contribution in [3.8, 4) is 6.07 Å². The minimum atomic E-state index is -4.60. The number of para-hydroxylation sites is 2. The van der Waals surface area contributed by atoms with Gasteiger partial charge in [0.25, 0.3) is 5.91 Å². The van der Waals surface area contributed by atoms with E-state index in [0.717, 1.165) is 11.0 Å². The average Bonchev–Trinajstić information content (AvgIpc) is 3.48. The van der Waals surface area contributed by atoms with E-state index in [1.807, 2.05) is 6.07 Å². The molecule has 3 amide bonds. The molecule has 1 aromatic heterocycles. The van der Waals surface area contributed by atoms with E-state index < -0.39 is 42.1 Å². The van der Waals surface area contributed by atoms with Crippen LogP contribution in [0, 0.1) is 17.2 Å². The molecule has 1 saturated heterocycles. The summed E-state index contributed by atoms with van der Waals surface area (Å²) >= 11 is 0. The second kappa shape index (κ2) is 9.73. The number of aromatic amines is 1. The molecule has 0 radical (unpaired) electrons. The van der Waals surface area contributed by atoms with Gasteiger partial charge in [0.1, 0.15) is 11.7 Å². The SMILES string of the molecule is CN(CC(=O)N1CC(C(=O)Nc2ccccc2)CC1C#N)C(=O)c1cc2cccc(C(F)(F)F)c2[nH]1. The number of alkyl halides is 3. The molecular weight excluding hydrogens is 475 g/mol. The molecule has 2 aromatic carbocycles. The topological polar surface area (TPSA) is 109 Å². The summed E-state index contributed by atoms with van der Waals surface area (Å²) in [4.78, 5) is 43.3. The normalized spacial score (nSPS) is 17.6. The van der Waals surface area contributed by atoms with Gasteiger partial charge < -0.3 is 20.1 Å². The first kappa shape index (κ1) is 24.8. The number of amides is 3.